The highest BCUT2D eigenvalue weighted by Crippen LogP contribution is 2.42. The van der Waals surface area contributed by atoms with Gasteiger partial charge in [0.25, 0.3) is 0 Å². The first-order valence-electron chi connectivity index (χ1n) is 6.52. The second-order valence-corrected chi connectivity index (χ2v) is 6.45. The molecule has 0 spiro atoms. The molecule has 1 heterocycles. The van der Waals surface area contributed by atoms with Gasteiger partial charge in [0.05, 0.1) is 0 Å². The van der Waals surface area contributed by atoms with Crippen LogP contribution in [0.1, 0.15) is 35.3 Å². The SMILES string of the molecule is Cc1ccc2c(c1)C(N)CC(c1ccc(Cl)cc1Br)O2. The van der Waals surface area contributed by atoms with Crippen LogP contribution >= 0.6 is 27.5 Å². The van der Waals surface area contributed by atoms with Gasteiger partial charge in [-0.3, -0.25) is 0 Å². The highest BCUT2D eigenvalue weighted by Gasteiger charge is 2.28. The van der Waals surface area contributed by atoms with E-state index < -0.39 is 0 Å². The first-order chi connectivity index (χ1) is 9.54. The summed E-state index contributed by atoms with van der Waals surface area (Å²) < 4.78 is 7.07. The van der Waals surface area contributed by atoms with Gasteiger partial charge >= 0.3 is 0 Å². The van der Waals surface area contributed by atoms with Crippen molar-refractivity contribution >= 4 is 27.5 Å². The van der Waals surface area contributed by atoms with E-state index >= 15 is 0 Å². The minimum absolute atomic E-state index is 0.00812. The minimum atomic E-state index is -0.0492. The van der Waals surface area contributed by atoms with E-state index in [4.69, 9.17) is 22.1 Å². The van der Waals surface area contributed by atoms with Gasteiger partial charge in [-0.15, -0.1) is 0 Å². The van der Waals surface area contributed by atoms with Crippen molar-refractivity contribution in [2.45, 2.75) is 25.5 Å². The molecule has 0 fully saturated rings. The highest BCUT2D eigenvalue weighted by molar-refractivity contribution is 9.10. The van der Waals surface area contributed by atoms with Gasteiger partial charge in [0.2, 0.25) is 0 Å². The Bertz CT molecular complexity index is 659. The summed E-state index contributed by atoms with van der Waals surface area (Å²) in [6.45, 7) is 2.06. The summed E-state index contributed by atoms with van der Waals surface area (Å²) in [6, 6.07) is 11.9. The summed E-state index contributed by atoms with van der Waals surface area (Å²) >= 11 is 9.54. The molecule has 3 rings (SSSR count). The van der Waals surface area contributed by atoms with Crippen molar-refractivity contribution in [3.8, 4) is 5.75 Å². The number of aryl methyl sites for hydroxylation is 1. The Labute approximate surface area is 132 Å². The van der Waals surface area contributed by atoms with Gasteiger partial charge in [-0.25, -0.2) is 0 Å². The van der Waals surface area contributed by atoms with Gasteiger partial charge in [-0.2, -0.15) is 0 Å². The summed E-state index contributed by atoms with van der Waals surface area (Å²) in [5.74, 6) is 0.876. The van der Waals surface area contributed by atoms with E-state index in [1.54, 1.807) is 0 Å². The molecule has 2 aromatic rings. The van der Waals surface area contributed by atoms with Crippen molar-refractivity contribution < 1.29 is 4.74 Å². The average Bonchev–Trinajstić information content (AvgIpc) is 2.39. The quantitative estimate of drug-likeness (QED) is 0.789. The molecule has 0 aliphatic carbocycles. The molecule has 0 aromatic heterocycles. The number of benzene rings is 2. The van der Waals surface area contributed by atoms with Crippen molar-refractivity contribution in [3.63, 3.8) is 0 Å². The number of rotatable bonds is 1. The third kappa shape index (κ3) is 2.58. The van der Waals surface area contributed by atoms with Gasteiger partial charge in [0.1, 0.15) is 11.9 Å². The van der Waals surface area contributed by atoms with Gasteiger partial charge in [0.15, 0.2) is 0 Å². The lowest BCUT2D eigenvalue weighted by Gasteiger charge is -2.31. The van der Waals surface area contributed by atoms with E-state index in [-0.39, 0.29) is 12.1 Å². The molecule has 0 saturated carbocycles. The molecular weight excluding hydrogens is 338 g/mol. The molecule has 0 saturated heterocycles. The molecule has 4 heteroatoms. The second kappa shape index (κ2) is 5.40. The summed E-state index contributed by atoms with van der Waals surface area (Å²) in [6.07, 6.45) is 0.711. The van der Waals surface area contributed by atoms with Crippen LogP contribution in [0.4, 0.5) is 0 Å². The van der Waals surface area contributed by atoms with Crippen LogP contribution < -0.4 is 10.5 Å². The number of hydrogen-bond acceptors (Lipinski definition) is 2. The molecule has 2 unspecified atom stereocenters. The minimum Gasteiger partial charge on any atom is -0.485 e. The number of nitrogens with two attached hydrogens (primary N) is 1. The lowest BCUT2D eigenvalue weighted by molar-refractivity contribution is 0.161. The van der Waals surface area contributed by atoms with Crippen LogP contribution in [0.3, 0.4) is 0 Å². The zero-order valence-corrected chi connectivity index (χ0v) is 13.4. The van der Waals surface area contributed by atoms with Crippen LogP contribution in [0.25, 0.3) is 0 Å². The van der Waals surface area contributed by atoms with E-state index in [0.717, 1.165) is 27.8 Å². The fraction of sp³-hybridized carbons (Fsp3) is 0.250. The molecule has 1 aliphatic rings. The molecule has 0 bridgehead atoms. The molecule has 1 aliphatic heterocycles. The van der Waals surface area contributed by atoms with Crippen molar-refractivity contribution in [2.75, 3.05) is 0 Å². The largest absolute Gasteiger partial charge is 0.485 e. The zero-order chi connectivity index (χ0) is 14.3. The highest BCUT2D eigenvalue weighted by atomic mass is 79.9. The maximum atomic E-state index is 6.30. The molecule has 20 heavy (non-hydrogen) atoms. The molecule has 2 N–H and O–H groups in total. The maximum Gasteiger partial charge on any atom is 0.127 e. The Morgan fingerprint density at radius 2 is 2.00 bits per heavy atom. The standard InChI is InChI=1S/C16H15BrClNO/c1-9-2-5-15-12(6-9)14(19)8-16(20-15)11-4-3-10(18)7-13(11)17/h2-7,14,16H,8,19H2,1H3. The fourth-order valence-corrected chi connectivity index (χ4v) is 3.52. The van der Waals surface area contributed by atoms with Crippen LogP contribution in [-0.2, 0) is 0 Å². The molecule has 2 aromatic carbocycles. The van der Waals surface area contributed by atoms with Crippen molar-refractivity contribution in [1.29, 1.82) is 0 Å². The van der Waals surface area contributed by atoms with Crippen LogP contribution in [0.15, 0.2) is 40.9 Å². The Morgan fingerprint density at radius 1 is 1.20 bits per heavy atom. The van der Waals surface area contributed by atoms with Crippen molar-refractivity contribution in [2.24, 2.45) is 5.73 Å². The van der Waals surface area contributed by atoms with Gasteiger partial charge in [-0.05, 0) is 25.1 Å². The Morgan fingerprint density at radius 3 is 2.75 bits per heavy atom. The molecule has 0 amide bonds. The number of ether oxygens (including phenoxy) is 1. The topological polar surface area (TPSA) is 35.2 Å². The number of halogens is 2. The summed E-state index contributed by atoms with van der Waals surface area (Å²) in [4.78, 5) is 0. The first kappa shape index (κ1) is 13.9. The van der Waals surface area contributed by atoms with Gasteiger partial charge < -0.3 is 10.5 Å². The van der Waals surface area contributed by atoms with Crippen molar-refractivity contribution in [1.82, 2.24) is 0 Å². The van der Waals surface area contributed by atoms with E-state index in [0.29, 0.717) is 5.02 Å². The predicted octanol–water partition coefficient (Wildman–Crippen LogP) is 4.93. The van der Waals surface area contributed by atoms with Crippen molar-refractivity contribution in [3.05, 3.63) is 62.6 Å². The van der Waals surface area contributed by atoms with Crippen LogP contribution in [0.5, 0.6) is 5.75 Å². The normalized spacial score (nSPS) is 21.2. The second-order valence-electron chi connectivity index (χ2n) is 5.16. The first-order valence-corrected chi connectivity index (χ1v) is 7.69. The molecule has 104 valence electrons. The number of hydrogen-bond donors (Lipinski definition) is 1. The summed E-state index contributed by atoms with van der Waals surface area (Å²) in [5.41, 5.74) is 9.67. The Kier molecular flexibility index (Phi) is 3.76. The summed E-state index contributed by atoms with van der Waals surface area (Å²) in [7, 11) is 0. The van der Waals surface area contributed by atoms with Gasteiger partial charge in [-0.1, -0.05) is 51.3 Å². The third-order valence-corrected chi connectivity index (χ3v) is 4.53. The van der Waals surface area contributed by atoms with E-state index in [1.165, 1.54) is 5.56 Å². The van der Waals surface area contributed by atoms with Crippen LogP contribution in [0, 0.1) is 6.92 Å². The Balaban J connectivity index is 1.97. The predicted molar refractivity (Wildman–Crippen MR) is 85.2 cm³/mol. The lowest BCUT2D eigenvalue weighted by atomic mass is 9.93. The smallest absolute Gasteiger partial charge is 0.127 e. The lowest BCUT2D eigenvalue weighted by Crippen LogP contribution is -2.24. The fourth-order valence-electron chi connectivity index (χ4n) is 2.58. The monoisotopic (exact) mass is 351 g/mol. The maximum absolute atomic E-state index is 6.30. The van der Waals surface area contributed by atoms with Crippen LogP contribution in [-0.4, -0.2) is 0 Å². The molecule has 0 radical (unpaired) electrons. The third-order valence-electron chi connectivity index (χ3n) is 3.61. The number of fused-ring (bicyclic) bond motifs is 1. The molecule has 2 atom stereocenters. The molecular formula is C16H15BrClNO. The van der Waals surface area contributed by atoms with Gasteiger partial charge in [0, 0.05) is 33.1 Å². The Hall–Kier alpha value is -1.03. The van der Waals surface area contributed by atoms with Crippen LogP contribution in [0.2, 0.25) is 5.02 Å². The summed E-state index contributed by atoms with van der Waals surface area (Å²) in [5, 5.41) is 0.705. The van der Waals surface area contributed by atoms with E-state index in [2.05, 4.69) is 28.9 Å². The van der Waals surface area contributed by atoms with E-state index in [9.17, 15) is 0 Å². The average molecular weight is 353 g/mol. The molecule has 2 nitrogen and oxygen atoms in total. The van der Waals surface area contributed by atoms with E-state index in [1.807, 2.05) is 30.3 Å². The zero-order valence-electron chi connectivity index (χ0n) is 11.1.